The van der Waals surface area contributed by atoms with Gasteiger partial charge in [0.05, 0.1) is 6.61 Å². The lowest BCUT2D eigenvalue weighted by atomic mass is 9.89. The maximum absolute atomic E-state index is 14.6. The molecule has 0 bridgehead atoms. The van der Waals surface area contributed by atoms with Gasteiger partial charge in [0.25, 0.3) is 5.92 Å². The Morgan fingerprint density at radius 2 is 1.89 bits per heavy atom. The van der Waals surface area contributed by atoms with E-state index in [9.17, 15) is 13.6 Å². The normalized spacial score (nSPS) is 16.3. The quantitative estimate of drug-likeness (QED) is 0.571. The minimum atomic E-state index is -2.82. The topological polar surface area (TPSA) is 38.8 Å². The van der Waals surface area contributed by atoms with Crippen molar-refractivity contribution in [2.24, 2.45) is 5.92 Å². The van der Waals surface area contributed by atoms with Gasteiger partial charge in [-0.15, -0.1) is 0 Å². The smallest absolute Gasteiger partial charge is 0.410 e. The molecule has 0 N–H and O–H groups in total. The van der Waals surface area contributed by atoms with E-state index < -0.39 is 23.5 Å². The molecule has 1 aromatic rings. The van der Waals surface area contributed by atoms with E-state index in [4.69, 9.17) is 9.47 Å². The summed E-state index contributed by atoms with van der Waals surface area (Å²) in [5, 5.41) is 0. The van der Waals surface area contributed by atoms with E-state index in [1.807, 2.05) is 19.1 Å². The number of likely N-dealkylation sites (tertiary alicyclic amines) is 1. The maximum atomic E-state index is 14.6. The van der Waals surface area contributed by atoms with Gasteiger partial charge in [0.1, 0.15) is 11.4 Å². The standard InChI is InChI=1S/C20H28BrF2NO3/c1-14-16(21)6-5-7-17(14)26-13-10-20(22,23)15-8-11-24(12-9-15)18(25)27-19(2,3)4/h5-7,15H,8-13H2,1-4H3. The Labute approximate surface area is 168 Å². The lowest BCUT2D eigenvalue weighted by Gasteiger charge is -2.36. The Bertz CT molecular complexity index is 653. The van der Waals surface area contributed by atoms with Crippen molar-refractivity contribution < 1.29 is 23.0 Å². The fourth-order valence-corrected chi connectivity index (χ4v) is 3.40. The largest absolute Gasteiger partial charge is 0.493 e. The van der Waals surface area contributed by atoms with Gasteiger partial charge < -0.3 is 14.4 Å². The van der Waals surface area contributed by atoms with Crippen LogP contribution in [0.5, 0.6) is 5.75 Å². The summed E-state index contributed by atoms with van der Waals surface area (Å²) < 4.78 is 40.9. The van der Waals surface area contributed by atoms with Crippen LogP contribution in [0.1, 0.15) is 45.6 Å². The van der Waals surface area contributed by atoms with Crippen molar-refractivity contribution in [3.63, 3.8) is 0 Å². The molecule has 0 unspecified atom stereocenters. The summed E-state index contributed by atoms with van der Waals surface area (Å²) in [6, 6.07) is 5.48. The average molecular weight is 448 g/mol. The van der Waals surface area contributed by atoms with Gasteiger partial charge in [-0.05, 0) is 52.7 Å². The predicted molar refractivity (Wildman–Crippen MR) is 104 cm³/mol. The summed E-state index contributed by atoms with van der Waals surface area (Å²) >= 11 is 3.40. The van der Waals surface area contributed by atoms with Crippen LogP contribution in [0.15, 0.2) is 22.7 Å². The van der Waals surface area contributed by atoms with Gasteiger partial charge in [-0.3, -0.25) is 0 Å². The number of nitrogens with zero attached hydrogens (tertiary/aromatic N) is 1. The highest BCUT2D eigenvalue weighted by atomic mass is 79.9. The number of carbonyl (C=O) groups is 1. The molecule has 1 fully saturated rings. The Balaban J connectivity index is 1.82. The molecule has 1 saturated heterocycles. The molecule has 1 amide bonds. The van der Waals surface area contributed by atoms with Gasteiger partial charge in [-0.25, -0.2) is 13.6 Å². The fraction of sp³-hybridized carbons (Fsp3) is 0.650. The molecule has 27 heavy (non-hydrogen) atoms. The molecular formula is C20H28BrF2NO3. The van der Waals surface area contributed by atoms with E-state index in [1.165, 1.54) is 4.90 Å². The van der Waals surface area contributed by atoms with Crippen LogP contribution in [0.3, 0.4) is 0 Å². The summed E-state index contributed by atoms with van der Waals surface area (Å²) in [7, 11) is 0. The molecule has 1 aliphatic rings. The number of carbonyl (C=O) groups excluding carboxylic acids is 1. The number of piperidine rings is 1. The highest BCUT2D eigenvalue weighted by Gasteiger charge is 2.42. The summed E-state index contributed by atoms with van der Waals surface area (Å²) in [5.41, 5.74) is 0.311. The highest BCUT2D eigenvalue weighted by Crippen LogP contribution is 2.36. The number of amides is 1. The van der Waals surface area contributed by atoms with Gasteiger partial charge in [-0.1, -0.05) is 22.0 Å². The van der Waals surface area contributed by atoms with Crippen LogP contribution in [0.25, 0.3) is 0 Å². The number of ether oxygens (including phenoxy) is 2. The molecule has 0 atom stereocenters. The SMILES string of the molecule is Cc1c(Br)cccc1OCCC(F)(F)C1CCN(C(=O)OC(C)(C)C)CC1. The molecular weight excluding hydrogens is 420 g/mol. The van der Waals surface area contributed by atoms with Gasteiger partial charge in [0, 0.05) is 35.5 Å². The lowest BCUT2D eigenvalue weighted by Crippen LogP contribution is -2.45. The molecule has 152 valence electrons. The second-order valence-electron chi connectivity index (χ2n) is 7.96. The van der Waals surface area contributed by atoms with E-state index in [0.29, 0.717) is 18.8 Å². The van der Waals surface area contributed by atoms with Crippen molar-refractivity contribution in [1.29, 1.82) is 0 Å². The van der Waals surface area contributed by atoms with Crippen molar-refractivity contribution in [2.45, 2.75) is 58.5 Å². The second-order valence-corrected chi connectivity index (χ2v) is 8.82. The molecule has 4 nitrogen and oxygen atoms in total. The third-order valence-electron chi connectivity index (χ3n) is 4.65. The first-order valence-corrected chi connectivity index (χ1v) is 10.0. The summed E-state index contributed by atoms with van der Waals surface area (Å²) in [4.78, 5) is 13.6. The minimum Gasteiger partial charge on any atom is -0.493 e. The van der Waals surface area contributed by atoms with Gasteiger partial charge in [0.15, 0.2) is 0 Å². The van der Waals surface area contributed by atoms with Crippen LogP contribution < -0.4 is 4.74 Å². The van der Waals surface area contributed by atoms with E-state index in [0.717, 1.165) is 10.0 Å². The molecule has 1 heterocycles. The Kier molecular flexibility index (Phi) is 7.11. The molecule has 7 heteroatoms. The Morgan fingerprint density at radius 3 is 2.48 bits per heavy atom. The van der Waals surface area contributed by atoms with Crippen LogP contribution in [0.4, 0.5) is 13.6 Å². The zero-order chi connectivity index (χ0) is 20.2. The van der Waals surface area contributed by atoms with Gasteiger partial charge in [0.2, 0.25) is 0 Å². The third-order valence-corrected chi connectivity index (χ3v) is 5.51. The van der Waals surface area contributed by atoms with E-state index in [-0.39, 0.29) is 25.9 Å². The zero-order valence-corrected chi connectivity index (χ0v) is 17.9. The Hall–Kier alpha value is -1.37. The molecule has 0 aliphatic carbocycles. The summed E-state index contributed by atoms with van der Waals surface area (Å²) in [6.45, 7) is 7.79. The molecule has 0 radical (unpaired) electrons. The van der Waals surface area contributed by atoms with Crippen molar-refractivity contribution in [3.05, 3.63) is 28.2 Å². The highest BCUT2D eigenvalue weighted by molar-refractivity contribution is 9.10. The maximum Gasteiger partial charge on any atom is 0.410 e. The first-order chi connectivity index (χ1) is 12.5. The van der Waals surface area contributed by atoms with E-state index in [1.54, 1.807) is 26.8 Å². The van der Waals surface area contributed by atoms with Crippen LogP contribution in [0, 0.1) is 12.8 Å². The number of hydrogen-bond donors (Lipinski definition) is 0. The molecule has 1 aromatic carbocycles. The Morgan fingerprint density at radius 1 is 1.26 bits per heavy atom. The van der Waals surface area contributed by atoms with Gasteiger partial charge in [-0.2, -0.15) is 0 Å². The van der Waals surface area contributed by atoms with Crippen LogP contribution >= 0.6 is 15.9 Å². The summed E-state index contributed by atoms with van der Waals surface area (Å²) in [6.07, 6.45) is -0.238. The number of alkyl halides is 2. The van der Waals surface area contributed by atoms with Crippen molar-refractivity contribution in [3.8, 4) is 5.75 Å². The van der Waals surface area contributed by atoms with Gasteiger partial charge >= 0.3 is 6.09 Å². The van der Waals surface area contributed by atoms with E-state index >= 15 is 0 Å². The van der Waals surface area contributed by atoms with Crippen molar-refractivity contribution in [2.75, 3.05) is 19.7 Å². The predicted octanol–water partition coefficient (Wildman–Crippen LogP) is 5.81. The minimum absolute atomic E-state index is 0.0451. The number of rotatable bonds is 5. The summed E-state index contributed by atoms with van der Waals surface area (Å²) in [5.74, 6) is -2.96. The molecule has 0 aromatic heterocycles. The second kappa shape index (κ2) is 8.76. The lowest BCUT2D eigenvalue weighted by molar-refractivity contribution is -0.0913. The first kappa shape index (κ1) is 21.9. The van der Waals surface area contributed by atoms with Crippen molar-refractivity contribution >= 4 is 22.0 Å². The van der Waals surface area contributed by atoms with Crippen molar-refractivity contribution in [1.82, 2.24) is 4.90 Å². The average Bonchev–Trinajstić information content (AvgIpc) is 2.57. The zero-order valence-electron chi connectivity index (χ0n) is 16.4. The fourth-order valence-electron chi connectivity index (χ4n) is 3.06. The monoisotopic (exact) mass is 447 g/mol. The molecule has 2 rings (SSSR count). The first-order valence-electron chi connectivity index (χ1n) is 9.23. The third kappa shape index (κ3) is 6.33. The number of hydrogen-bond acceptors (Lipinski definition) is 3. The van der Waals surface area contributed by atoms with Crippen LogP contribution in [-0.2, 0) is 4.74 Å². The van der Waals surface area contributed by atoms with Crippen LogP contribution in [-0.4, -0.2) is 42.2 Å². The van der Waals surface area contributed by atoms with E-state index in [2.05, 4.69) is 15.9 Å². The molecule has 1 aliphatic heterocycles. The molecule has 0 saturated carbocycles. The number of benzene rings is 1. The molecule has 0 spiro atoms. The van der Waals surface area contributed by atoms with Crippen LogP contribution in [0.2, 0.25) is 0 Å². The number of halogens is 3.